The topological polar surface area (TPSA) is 223 Å². The number of primary amides is 2. The number of aromatic hydroxyl groups is 1. The maximum atomic E-state index is 12.9. The van der Waals surface area contributed by atoms with Crippen LogP contribution in [0.3, 0.4) is 0 Å². The van der Waals surface area contributed by atoms with Crippen LogP contribution in [0.25, 0.3) is 22.1 Å². The zero-order chi connectivity index (χ0) is 33.2. The number of nitrogens with zero attached hydrogens (tertiary/aromatic N) is 4. The van der Waals surface area contributed by atoms with Crippen LogP contribution in [0.2, 0.25) is 0 Å². The first kappa shape index (κ1) is 30.6. The summed E-state index contributed by atoms with van der Waals surface area (Å²) >= 11 is 1.25. The smallest absolute Gasteiger partial charge is 0.293 e. The molecule has 47 heavy (non-hydrogen) atoms. The molecule has 0 fully saturated rings. The van der Waals surface area contributed by atoms with Crippen LogP contribution in [0.5, 0.6) is 11.5 Å². The van der Waals surface area contributed by atoms with Gasteiger partial charge in [0.05, 0.1) is 29.3 Å². The minimum absolute atomic E-state index is 0.0517. The van der Waals surface area contributed by atoms with Crippen LogP contribution < -0.4 is 26.8 Å². The molecule has 0 saturated carbocycles. The Morgan fingerprint density at radius 2 is 1.51 bits per heavy atom. The first-order chi connectivity index (χ1) is 22.6. The first-order valence-corrected chi connectivity index (χ1v) is 14.8. The monoisotopic (exact) mass is 654 g/mol. The van der Waals surface area contributed by atoms with Crippen LogP contribution in [0.4, 0.5) is 11.9 Å². The molecule has 238 valence electrons. The summed E-state index contributed by atoms with van der Waals surface area (Å²) in [4.78, 5) is 59.0. The quantitative estimate of drug-likeness (QED) is 0.128. The van der Waals surface area contributed by atoms with Gasteiger partial charge in [-0.3, -0.25) is 29.8 Å². The lowest BCUT2D eigenvalue weighted by Gasteiger charge is -2.11. The molecule has 0 unspecified atom stereocenters. The number of carbonyl (C=O) groups excluding carboxylic acids is 4. The van der Waals surface area contributed by atoms with Gasteiger partial charge in [-0.2, -0.15) is 0 Å². The minimum Gasteiger partial charge on any atom is -0.506 e. The van der Waals surface area contributed by atoms with E-state index in [0.717, 1.165) is 0 Å². The van der Waals surface area contributed by atoms with Gasteiger partial charge >= 0.3 is 0 Å². The molecule has 0 radical (unpaired) electrons. The summed E-state index contributed by atoms with van der Waals surface area (Å²) in [6.07, 6.45) is 4.88. The molecular formula is C31H26N8O7S. The summed E-state index contributed by atoms with van der Waals surface area (Å²) in [6, 6.07) is 12.1. The molecule has 0 aliphatic carbocycles. The number of hydrogen-bond acceptors (Lipinski definition) is 10. The van der Waals surface area contributed by atoms with Crippen molar-refractivity contribution >= 4 is 68.9 Å². The third kappa shape index (κ3) is 5.99. The van der Waals surface area contributed by atoms with Gasteiger partial charge in [-0.25, -0.2) is 9.97 Å². The maximum absolute atomic E-state index is 12.9. The normalized spacial score (nSPS) is 11.3. The van der Waals surface area contributed by atoms with Gasteiger partial charge in [0.25, 0.3) is 11.8 Å². The Balaban J connectivity index is 1.36. The minimum atomic E-state index is -0.748. The number of thiophene rings is 1. The number of hydrogen-bond donors (Lipinski definition) is 5. The van der Waals surface area contributed by atoms with E-state index in [1.54, 1.807) is 44.9 Å². The van der Waals surface area contributed by atoms with Crippen molar-refractivity contribution < 1.29 is 33.4 Å². The van der Waals surface area contributed by atoms with Gasteiger partial charge in [-0.1, -0.05) is 18.2 Å². The summed E-state index contributed by atoms with van der Waals surface area (Å²) in [5, 5.41) is 18.1. The third-order valence-corrected chi connectivity index (χ3v) is 7.97. The zero-order valence-electron chi connectivity index (χ0n) is 24.6. The van der Waals surface area contributed by atoms with E-state index in [-0.39, 0.29) is 58.7 Å². The largest absolute Gasteiger partial charge is 0.506 e. The molecule has 0 bridgehead atoms. The Morgan fingerprint density at radius 3 is 2.09 bits per heavy atom. The molecule has 0 aliphatic heterocycles. The van der Waals surface area contributed by atoms with Crippen molar-refractivity contribution in [2.75, 3.05) is 17.7 Å². The number of ether oxygens (including phenoxy) is 1. The van der Waals surface area contributed by atoms with Crippen LogP contribution in [0.15, 0.2) is 76.7 Å². The molecule has 0 atom stereocenters. The maximum Gasteiger partial charge on any atom is 0.293 e. The van der Waals surface area contributed by atoms with E-state index < -0.39 is 23.6 Å². The Bertz CT molecular complexity index is 2200. The third-order valence-electron chi connectivity index (χ3n) is 7.10. The fourth-order valence-electron chi connectivity index (χ4n) is 4.96. The molecule has 4 aromatic heterocycles. The van der Waals surface area contributed by atoms with Crippen LogP contribution in [-0.2, 0) is 13.1 Å². The zero-order valence-corrected chi connectivity index (χ0v) is 25.4. The molecule has 0 aliphatic rings. The standard InChI is InChI=1S/C31H26N8O7S/c1-45-22-15-17(27(33)42)13-19-25(22)39(30(35-19)36-28(43)21-6-4-10-46-21)9-3-2-8-38-24-18(12-16(26(32)41)14-20(24)40)34-31(38)37-29(44)23-7-5-11-47-23/h2-7,10-15,40H,8-9H2,1H3,(H2,32,41)(H2,33,42)(H,34,37,44)(H,35,36,43)/b3-2+. The van der Waals surface area contributed by atoms with E-state index in [2.05, 4.69) is 20.6 Å². The van der Waals surface area contributed by atoms with Crippen LogP contribution in [0.1, 0.15) is 40.9 Å². The number of nitrogens with one attached hydrogen (secondary N) is 2. The fourth-order valence-corrected chi connectivity index (χ4v) is 5.58. The van der Waals surface area contributed by atoms with Gasteiger partial charge in [0.2, 0.25) is 23.7 Å². The molecule has 4 amide bonds. The van der Waals surface area contributed by atoms with Crippen molar-refractivity contribution in [2.24, 2.45) is 11.5 Å². The number of fused-ring (bicyclic) bond motifs is 2. The number of aromatic nitrogens is 4. The van der Waals surface area contributed by atoms with Crippen molar-refractivity contribution in [1.29, 1.82) is 0 Å². The number of carbonyl (C=O) groups is 4. The summed E-state index contributed by atoms with van der Waals surface area (Å²) in [7, 11) is 1.43. The van der Waals surface area contributed by atoms with Gasteiger partial charge in [0, 0.05) is 24.2 Å². The summed E-state index contributed by atoms with van der Waals surface area (Å²) < 4.78 is 14.0. The van der Waals surface area contributed by atoms with Crippen molar-refractivity contribution in [3.63, 3.8) is 0 Å². The lowest BCUT2D eigenvalue weighted by atomic mass is 10.1. The number of nitrogens with two attached hydrogens (primary N) is 2. The van der Waals surface area contributed by atoms with Gasteiger partial charge in [-0.05, 0) is 47.8 Å². The van der Waals surface area contributed by atoms with Crippen molar-refractivity contribution in [3.05, 3.63) is 94.1 Å². The number of methoxy groups -OCH3 is 1. The highest BCUT2D eigenvalue weighted by molar-refractivity contribution is 7.12. The highest BCUT2D eigenvalue weighted by Crippen LogP contribution is 2.32. The van der Waals surface area contributed by atoms with Gasteiger partial charge in [-0.15, -0.1) is 11.3 Å². The first-order valence-electron chi connectivity index (χ1n) is 13.9. The number of furan rings is 1. The Kier molecular flexibility index (Phi) is 8.15. The molecule has 6 aromatic rings. The molecule has 0 saturated heterocycles. The Hall–Kier alpha value is -6.42. The average Bonchev–Trinajstić information content (AvgIpc) is 3.86. The van der Waals surface area contributed by atoms with Crippen molar-refractivity contribution in [3.8, 4) is 11.5 Å². The van der Waals surface area contributed by atoms with Crippen LogP contribution in [-0.4, -0.2) is 54.9 Å². The number of amides is 4. The Labute approximate surface area is 269 Å². The molecule has 6 rings (SSSR count). The summed E-state index contributed by atoms with van der Waals surface area (Å²) in [5.41, 5.74) is 12.5. The van der Waals surface area contributed by atoms with Crippen molar-refractivity contribution in [2.45, 2.75) is 13.1 Å². The second kappa shape index (κ2) is 12.5. The SMILES string of the molecule is COc1cc(C(N)=O)cc2nc(NC(=O)c3ccco3)n(C/C=C/Cn3c(NC(=O)c4cccs4)nc4cc(C(N)=O)cc(O)c43)c12. The molecule has 4 heterocycles. The lowest BCUT2D eigenvalue weighted by molar-refractivity contribution is 0.0989. The van der Waals surface area contributed by atoms with Gasteiger partial charge in [0.15, 0.2) is 5.76 Å². The Morgan fingerprint density at radius 1 is 0.894 bits per heavy atom. The van der Waals surface area contributed by atoms with E-state index >= 15 is 0 Å². The number of benzene rings is 2. The second-order valence-corrected chi connectivity index (χ2v) is 11.0. The number of phenols is 1. The molecule has 15 nitrogen and oxygen atoms in total. The van der Waals surface area contributed by atoms with Gasteiger partial charge in [0.1, 0.15) is 22.5 Å². The van der Waals surface area contributed by atoms with Crippen LogP contribution >= 0.6 is 11.3 Å². The fraction of sp³-hybridized carbons (Fsp3) is 0.0968. The second-order valence-electron chi connectivity index (χ2n) is 10.1. The number of phenolic OH excluding ortho intramolecular Hbond substituents is 1. The molecule has 7 N–H and O–H groups in total. The number of anilines is 2. The molecule has 0 spiro atoms. The number of rotatable bonds is 11. The number of imidazole rings is 2. The van der Waals surface area contributed by atoms with E-state index in [1.807, 2.05) is 0 Å². The van der Waals surface area contributed by atoms with E-state index in [9.17, 15) is 24.3 Å². The van der Waals surface area contributed by atoms with Gasteiger partial charge < -0.3 is 34.9 Å². The predicted molar refractivity (Wildman–Crippen MR) is 173 cm³/mol. The van der Waals surface area contributed by atoms with E-state index in [4.69, 9.17) is 20.6 Å². The lowest BCUT2D eigenvalue weighted by Crippen LogP contribution is -2.15. The van der Waals surface area contributed by atoms with E-state index in [1.165, 1.54) is 55.0 Å². The molecular weight excluding hydrogens is 628 g/mol. The molecule has 16 heteroatoms. The van der Waals surface area contributed by atoms with E-state index in [0.29, 0.717) is 21.7 Å². The highest BCUT2D eigenvalue weighted by atomic mass is 32.1. The summed E-state index contributed by atoms with van der Waals surface area (Å²) in [6.45, 7) is 0.265. The highest BCUT2D eigenvalue weighted by Gasteiger charge is 2.21. The summed E-state index contributed by atoms with van der Waals surface area (Å²) in [5.74, 6) is -2.02. The predicted octanol–water partition coefficient (Wildman–Crippen LogP) is 3.71. The van der Waals surface area contributed by atoms with Crippen LogP contribution in [0, 0.1) is 0 Å². The number of allylic oxidation sites excluding steroid dienone is 2. The van der Waals surface area contributed by atoms with Crippen molar-refractivity contribution in [1.82, 2.24) is 19.1 Å². The molecule has 2 aromatic carbocycles. The average molecular weight is 655 g/mol.